The maximum atomic E-state index is 12.4. The summed E-state index contributed by atoms with van der Waals surface area (Å²) >= 11 is 0. The second-order valence-corrected chi connectivity index (χ2v) is 6.20. The third-order valence-corrected chi connectivity index (χ3v) is 3.88. The minimum atomic E-state index is -0.0000181. The van der Waals surface area contributed by atoms with Gasteiger partial charge in [0, 0.05) is 24.7 Å². The summed E-state index contributed by atoms with van der Waals surface area (Å²) in [6.07, 6.45) is 1.84. The van der Waals surface area contributed by atoms with E-state index in [9.17, 15) is 4.79 Å². The van der Waals surface area contributed by atoms with Gasteiger partial charge in [0.25, 0.3) is 5.91 Å². The van der Waals surface area contributed by atoms with E-state index in [-0.39, 0.29) is 11.9 Å². The molecule has 1 saturated heterocycles. The Kier molecular flexibility index (Phi) is 5.66. The Hall–Kier alpha value is -1.75. The third kappa shape index (κ3) is 4.13. The number of hydrogen-bond donors (Lipinski definition) is 1. The van der Waals surface area contributed by atoms with Crippen molar-refractivity contribution in [3.63, 3.8) is 0 Å². The quantitative estimate of drug-likeness (QED) is 0.876. The molecule has 1 aliphatic rings. The summed E-state index contributed by atoms with van der Waals surface area (Å²) < 4.78 is 11.1. The minimum absolute atomic E-state index is 0.0000181. The first-order valence-corrected chi connectivity index (χ1v) is 7.87. The summed E-state index contributed by atoms with van der Waals surface area (Å²) in [5.74, 6) is 1.86. The molecule has 0 aliphatic carbocycles. The second kappa shape index (κ2) is 7.49. The SMILES string of the molecule is COc1cc(C(=O)N2CC[C@@H](N)C2)ccc1OCCC(C)C. The van der Waals surface area contributed by atoms with Crippen LogP contribution in [0.25, 0.3) is 0 Å². The molecule has 0 saturated carbocycles. The average molecular weight is 306 g/mol. The molecule has 1 amide bonds. The standard InChI is InChI=1S/C17H26N2O3/c1-12(2)7-9-22-15-5-4-13(10-16(15)21-3)17(20)19-8-6-14(18)11-19/h4-5,10,12,14H,6-9,11,18H2,1-3H3/t14-/m1/s1. The molecule has 5 heteroatoms. The first-order chi connectivity index (χ1) is 10.5. The lowest BCUT2D eigenvalue weighted by Gasteiger charge is -2.17. The molecule has 22 heavy (non-hydrogen) atoms. The van der Waals surface area contributed by atoms with Crippen LogP contribution in [0.1, 0.15) is 37.0 Å². The van der Waals surface area contributed by atoms with Gasteiger partial charge in [-0.2, -0.15) is 0 Å². The van der Waals surface area contributed by atoms with E-state index >= 15 is 0 Å². The summed E-state index contributed by atoms with van der Waals surface area (Å²) in [4.78, 5) is 14.2. The van der Waals surface area contributed by atoms with Crippen LogP contribution in [0.2, 0.25) is 0 Å². The fourth-order valence-electron chi connectivity index (χ4n) is 2.48. The van der Waals surface area contributed by atoms with Crippen molar-refractivity contribution in [2.24, 2.45) is 11.7 Å². The number of rotatable bonds is 6. The van der Waals surface area contributed by atoms with E-state index in [0.717, 1.165) is 19.4 Å². The van der Waals surface area contributed by atoms with Crippen LogP contribution in [-0.4, -0.2) is 43.7 Å². The van der Waals surface area contributed by atoms with Crippen molar-refractivity contribution in [2.75, 3.05) is 26.8 Å². The van der Waals surface area contributed by atoms with Crippen LogP contribution < -0.4 is 15.2 Å². The summed E-state index contributed by atoms with van der Waals surface area (Å²) in [7, 11) is 1.59. The van der Waals surface area contributed by atoms with Gasteiger partial charge in [-0.1, -0.05) is 13.8 Å². The van der Waals surface area contributed by atoms with Gasteiger partial charge < -0.3 is 20.1 Å². The first kappa shape index (κ1) is 16.6. The van der Waals surface area contributed by atoms with Crippen molar-refractivity contribution >= 4 is 5.91 Å². The van der Waals surface area contributed by atoms with Gasteiger partial charge in [-0.25, -0.2) is 0 Å². The molecule has 0 aromatic heterocycles. The van der Waals surface area contributed by atoms with E-state index in [1.807, 2.05) is 6.07 Å². The molecule has 0 bridgehead atoms. The van der Waals surface area contributed by atoms with Gasteiger partial charge in [-0.3, -0.25) is 4.79 Å². The summed E-state index contributed by atoms with van der Waals surface area (Å²) in [5, 5.41) is 0. The molecule has 0 spiro atoms. The molecular weight excluding hydrogens is 280 g/mol. The fraction of sp³-hybridized carbons (Fsp3) is 0.588. The van der Waals surface area contributed by atoms with Gasteiger partial charge in [-0.05, 0) is 37.0 Å². The number of nitrogens with two attached hydrogens (primary N) is 1. The number of hydrogen-bond acceptors (Lipinski definition) is 4. The number of likely N-dealkylation sites (tertiary alicyclic amines) is 1. The Bertz CT molecular complexity index is 517. The van der Waals surface area contributed by atoms with Gasteiger partial charge in [-0.15, -0.1) is 0 Å². The Morgan fingerprint density at radius 3 is 2.77 bits per heavy atom. The lowest BCUT2D eigenvalue weighted by atomic mass is 10.1. The van der Waals surface area contributed by atoms with Crippen molar-refractivity contribution in [3.8, 4) is 11.5 Å². The van der Waals surface area contributed by atoms with Crippen molar-refractivity contribution in [1.29, 1.82) is 0 Å². The monoisotopic (exact) mass is 306 g/mol. The van der Waals surface area contributed by atoms with Crippen LogP contribution in [0.3, 0.4) is 0 Å². The number of methoxy groups -OCH3 is 1. The summed E-state index contributed by atoms with van der Waals surface area (Å²) in [5.41, 5.74) is 6.47. The number of ether oxygens (including phenoxy) is 2. The van der Waals surface area contributed by atoms with Crippen molar-refractivity contribution in [2.45, 2.75) is 32.7 Å². The molecule has 5 nitrogen and oxygen atoms in total. The average Bonchev–Trinajstić information content (AvgIpc) is 2.93. The molecule has 1 aromatic carbocycles. The Morgan fingerprint density at radius 2 is 2.18 bits per heavy atom. The third-order valence-electron chi connectivity index (χ3n) is 3.88. The number of carbonyl (C=O) groups excluding carboxylic acids is 1. The lowest BCUT2D eigenvalue weighted by molar-refractivity contribution is 0.0790. The van der Waals surface area contributed by atoms with E-state index < -0.39 is 0 Å². The molecule has 1 aliphatic heterocycles. The van der Waals surface area contributed by atoms with Crippen LogP contribution in [0.4, 0.5) is 0 Å². The van der Waals surface area contributed by atoms with E-state index in [1.54, 1.807) is 24.1 Å². The highest BCUT2D eigenvalue weighted by Gasteiger charge is 2.25. The van der Waals surface area contributed by atoms with Gasteiger partial charge in [0.05, 0.1) is 13.7 Å². The minimum Gasteiger partial charge on any atom is -0.493 e. The van der Waals surface area contributed by atoms with E-state index in [0.29, 0.717) is 36.1 Å². The van der Waals surface area contributed by atoms with E-state index in [2.05, 4.69) is 13.8 Å². The van der Waals surface area contributed by atoms with Gasteiger partial charge in [0.1, 0.15) is 0 Å². The van der Waals surface area contributed by atoms with Crippen LogP contribution in [0.5, 0.6) is 11.5 Å². The topological polar surface area (TPSA) is 64.8 Å². The first-order valence-electron chi connectivity index (χ1n) is 7.87. The molecule has 1 fully saturated rings. The summed E-state index contributed by atoms with van der Waals surface area (Å²) in [6.45, 7) is 6.29. The van der Waals surface area contributed by atoms with Crippen molar-refractivity contribution in [3.05, 3.63) is 23.8 Å². The predicted octanol–water partition coefficient (Wildman–Crippen LogP) is 2.29. The zero-order valence-electron chi connectivity index (χ0n) is 13.7. The highest BCUT2D eigenvalue weighted by atomic mass is 16.5. The molecule has 0 unspecified atom stereocenters. The molecule has 122 valence electrons. The normalized spacial score (nSPS) is 17.9. The smallest absolute Gasteiger partial charge is 0.254 e. The number of amides is 1. The van der Waals surface area contributed by atoms with E-state index in [4.69, 9.17) is 15.2 Å². The lowest BCUT2D eigenvalue weighted by Crippen LogP contribution is -2.31. The van der Waals surface area contributed by atoms with Gasteiger partial charge in [0.2, 0.25) is 0 Å². The molecule has 0 radical (unpaired) electrons. The van der Waals surface area contributed by atoms with Crippen LogP contribution in [0.15, 0.2) is 18.2 Å². The number of nitrogens with zero attached hydrogens (tertiary/aromatic N) is 1. The second-order valence-electron chi connectivity index (χ2n) is 6.20. The van der Waals surface area contributed by atoms with Crippen LogP contribution in [-0.2, 0) is 0 Å². The van der Waals surface area contributed by atoms with Crippen LogP contribution in [0, 0.1) is 5.92 Å². The highest BCUT2D eigenvalue weighted by molar-refractivity contribution is 5.95. The zero-order valence-corrected chi connectivity index (χ0v) is 13.7. The Labute approximate surface area is 132 Å². The Morgan fingerprint density at radius 1 is 1.41 bits per heavy atom. The maximum absolute atomic E-state index is 12.4. The molecular formula is C17H26N2O3. The largest absolute Gasteiger partial charge is 0.493 e. The van der Waals surface area contributed by atoms with Crippen molar-refractivity contribution in [1.82, 2.24) is 4.90 Å². The molecule has 2 rings (SSSR count). The van der Waals surface area contributed by atoms with Crippen molar-refractivity contribution < 1.29 is 14.3 Å². The number of carbonyl (C=O) groups is 1. The van der Waals surface area contributed by atoms with Crippen LogP contribution >= 0.6 is 0 Å². The highest BCUT2D eigenvalue weighted by Crippen LogP contribution is 2.29. The fourth-order valence-corrected chi connectivity index (χ4v) is 2.48. The molecule has 1 aromatic rings. The number of benzene rings is 1. The molecule has 1 atom stereocenters. The predicted molar refractivity (Wildman–Crippen MR) is 86.4 cm³/mol. The van der Waals surface area contributed by atoms with E-state index in [1.165, 1.54) is 0 Å². The Balaban J connectivity index is 2.06. The zero-order chi connectivity index (χ0) is 16.1. The van der Waals surface area contributed by atoms with Gasteiger partial charge >= 0.3 is 0 Å². The molecule has 1 heterocycles. The summed E-state index contributed by atoms with van der Waals surface area (Å²) in [6, 6.07) is 5.43. The maximum Gasteiger partial charge on any atom is 0.254 e. The van der Waals surface area contributed by atoms with Gasteiger partial charge in [0.15, 0.2) is 11.5 Å². The molecule has 2 N–H and O–H groups in total.